The first kappa shape index (κ1) is 25.0. The van der Waals surface area contributed by atoms with Gasteiger partial charge in [0.25, 0.3) is 0 Å². The minimum atomic E-state index is -0.0475. The van der Waals surface area contributed by atoms with Crippen LogP contribution in [0.15, 0.2) is 60.3 Å². The van der Waals surface area contributed by atoms with Crippen LogP contribution in [0.3, 0.4) is 0 Å². The van der Waals surface area contributed by atoms with Crippen LogP contribution in [0.2, 0.25) is 0 Å². The van der Waals surface area contributed by atoms with Crippen LogP contribution < -0.4 is 10.1 Å². The van der Waals surface area contributed by atoms with Gasteiger partial charge in [-0.3, -0.25) is 9.36 Å². The third-order valence-electron chi connectivity index (χ3n) is 6.34. The molecule has 1 N–H and O–H groups in total. The van der Waals surface area contributed by atoms with E-state index in [-0.39, 0.29) is 11.7 Å². The lowest BCUT2D eigenvalue weighted by molar-refractivity contribution is -0.113. The maximum atomic E-state index is 12.8. The van der Waals surface area contributed by atoms with Gasteiger partial charge in [-0.15, -0.1) is 16.8 Å². The Hall–Kier alpha value is -3.06. The van der Waals surface area contributed by atoms with Gasteiger partial charge in [0.1, 0.15) is 5.75 Å². The fraction of sp³-hybridized carbons (Fsp3) is 0.393. The van der Waals surface area contributed by atoms with E-state index in [9.17, 15) is 4.79 Å². The summed E-state index contributed by atoms with van der Waals surface area (Å²) in [5.41, 5.74) is 4.20. The lowest BCUT2D eigenvalue weighted by Crippen LogP contribution is -2.17. The summed E-state index contributed by atoms with van der Waals surface area (Å²) >= 11 is 1.39. The summed E-state index contributed by atoms with van der Waals surface area (Å²) in [6.45, 7) is 8.65. The molecule has 0 radical (unpaired) electrons. The summed E-state index contributed by atoms with van der Waals surface area (Å²) < 4.78 is 8.08. The minimum Gasteiger partial charge on any atom is -0.490 e. The summed E-state index contributed by atoms with van der Waals surface area (Å²) in [6.07, 6.45) is 8.65. The quantitative estimate of drug-likeness (QED) is 0.252. The average molecular weight is 491 g/mol. The number of hydrogen-bond acceptors (Lipinski definition) is 5. The van der Waals surface area contributed by atoms with E-state index in [0.29, 0.717) is 17.8 Å². The van der Waals surface area contributed by atoms with Gasteiger partial charge in [0.15, 0.2) is 11.0 Å². The largest absolute Gasteiger partial charge is 0.490 e. The van der Waals surface area contributed by atoms with E-state index in [4.69, 9.17) is 4.74 Å². The predicted molar refractivity (Wildman–Crippen MR) is 143 cm³/mol. The topological polar surface area (TPSA) is 69.0 Å². The first-order valence-electron chi connectivity index (χ1n) is 12.5. The molecule has 0 atom stereocenters. The molecule has 0 spiro atoms. The smallest absolute Gasteiger partial charge is 0.234 e. The van der Waals surface area contributed by atoms with E-state index in [0.717, 1.165) is 59.6 Å². The van der Waals surface area contributed by atoms with Crippen molar-refractivity contribution in [2.24, 2.45) is 0 Å². The molecule has 0 unspecified atom stereocenters. The van der Waals surface area contributed by atoms with Crippen molar-refractivity contribution < 1.29 is 9.53 Å². The second-order valence-electron chi connectivity index (χ2n) is 8.75. The zero-order valence-corrected chi connectivity index (χ0v) is 21.4. The van der Waals surface area contributed by atoms with Crippen LogP contribution in [-0.2, 0) is 24.2 Å². The average Bonchev–Trinajstić information content (AvgIpc) is 3.54. The number of anilines is 1. The van der Waals surface area contributed by atoms with Gasteiger partial charge in [-0.05, 0) is 73.9 Å². The number of allylic oxidation sites excluding steroid dienone is 1. The van der Waals surface area contributed by atoms with Gasteiger partial charge in [0.2, 0.25) is 5.91 Å². The number of aryl methyl sites for hydroxylation is 2. The second-order valence-corrected chi connectivity index (χ2v) is 9.69. The number of carbonyl (C=O) groups is 1. The molecular formula is C28H34N4O2S. The van der Waals surface area contributed by atoms with Crippen molar-refractivity contribution in [3.8, 4) is 17.1 Å². The number of carbonyl (C=O) groups excluding carboxylic acids is 1. The number of aromatic nitrogens is 3. The number of ether oxygens (including phenoxy) is 1. The molecule has 2 aromatic carbocycles. The summed E-state index contributed by atoms with van der Waals surface area (Å²) in [6, 6.07) is 14.2. The molecule has 7 heteroatoms. The Bertz CT molecular complexity index is 1130. The molecule has 4 rings (SSSR count). The fourth-order valence-electron chi connectivity index (χ4n) is 4.49. The Morgan fingerprint density at radius 2 is 1.80 bits per heavy atom. The van der Waals surface area contributed by atoms with Crippen LogP contribution >= 0.6 is 11.8 Å². The van der Waals surface area contributed by atoms with Crippen molar-refractivity contribution >= 4 is 23.4 Å². The maximum Gasteiger partial charge on any atom is 0.234 e. The number of thioether (sulfide) groups is 1. The summed E-state index contributed by atoms with van der Waals surface area (Å²) in [4.78, 5) is 12.8. The molecule has 1 amide bonds. The van der Waals surface area contributed by atoms with Gasteiger partial charge in [-0.25, -0.2) is 0 Å². The van der Waals surface area contributed by atoms with Gasteiger partial charge in [-0.2, -0.15) is 0 Å². The molecule has 3 aromatic rings. The van der Waals surface area contributed by atoms with Crippen LogP contribution in [0.4, 0.5) is 5.69 Å². The van der Waals surface area contributed by atoms with Crippen molar-refractivity contribution in [2.75, 3.05) is 11.1 Å². The molecule has 35 heavy (non-hydrogen) atoms. The van der Waals surface area contributed by atoms with Crippen molar-refractivity contribution in [1.82, 2.24) is 14.8 Å². The SMILES string of the molecule is C=CCn1c(SCC(=O)Nc2c(CC)cccc2CC)nnc1-c1ccc(OC2CCCC2)cc1. The van der Waals surface area contributed by atoms with E-state index in [1.54, 1.807) is 0 Å². The molecule has 1 fully saturated rings. The highest BCUT2D eigenvalue weighted by Crippen LogP contribution is 2.29. The van der Waals surface area contributed by atoms with Crippen LogP contribution in [0, 0.1) is 0 Å². The Morgan fingerprint density at radius 3 is 2.43 bits per heavy atom. The molecule has 1 aromatic heterocycles. The lowest BCUT2D eigenvalue weighted by atomic mass is 10.0. The van der Waals surface area contributed by atoms with Gasteiger partial charge in [0, 0.05) is 17.8 Å². The second kappa shape index (κ2) is 12.1. The van der Waals surface area contributed by atoms with E-state index in [1.165, 1.54) is 24.6 Å². The number of nitrogens with one attached hydrogen (secondary N) is 1. The molecule has 1 aliphatic rings. The minimum absolute atomic E-state index is 0.0475. The van der Waals surface area contributed by atoms with Gasteiger partial charge >= 0.3 is 0 Å². The third kappa shape index (κ3) is 6.14. The van der Waals surface area contributed by atoms with Gasteiger partial charge in [0.05, 0.1) is 11.9 Å². The number of hydrogen-bond donors (Lipinski definition) is 1. The predicted octanol–water partition coefficient (Wildman–Crippen LogP) is 6.31. The van der Waals surface area contributed by atoms with E-state index < -0.39 is 0 Å². The van der Waals surface area contributed by atoms with Crippen molar-refractivity contribution in [2.45, 2.75) is 70.2 Å². The van der Waals surface area contributed by atoms with Crippen molar-refractivity contribution in [1.29, 1.82) is 0 Å². The molecule has 0 bridgehead atoms. The highest BCUT2D eigenvalue weighted by Gasteiger charge is 2.18. The maximum absolute atomic E-state index is 12.8. The first-order valence-corrected chi connectivity index (χ1v) is 13.5. The van der Waals surface area contributed by atoms with Crippen molar-refractivity contribution in [3.05, 3.63) is 66.2 Å². The summed E-state index contributed by atoms with van der Waals surface area (Å²) in [5, 5.41) is 12.6. The number of para-hydroxylation sites is 1. The molecule has 184 valence electrons. The fourth-order valence-corrected chi connectivity index (χ4v) is 5.24. The Kier molecular flexibility index (Phi) is 8.64. The Morgan fingerprint density at radius 1 is 1.11 bits per heavy atom. The zero-order chi connectivity index (χ0) is 24.6. The van der Waals surface area contributed by atoms with E-state index >= 15 is 0 Å². The molecule has 6 nitrogen and oxygen atoms in total. The van der Waals surface area contributed by atoms with Gasteiger partial charge < -0.3 is 10.1 Å². The van der Waals surface area contributed by atoms with E-state index in [1.807, 2.05) is 34.9 Å². The van der Waals surface area contributed by atoms with Crippen LogP contribution in [0.5, 0.6) is 5.75 Å². The number of nitrogens with zero attached hydrogens (tertiary/aromatic N) is 3. The van der Waals surface area contributed by atoms with Gasteiger partial charge in [-0.1, -0.05) is 49.9 Å². The highest BCUT2D eigenvalue weighted by atomic mass is 32.2. The van der Waals surface area contributed by atoms with Crippen molar-refractivity contribution in [3.63, 3.8) is 0 Å². The molecular weight excluding hydrogens is 456 g/mol. The molecule has 1 saturated carbocycles. The van der Waals surface area contributed by atoms with Crippen LogP contribution in [0.25, 0.3) is 11.4 Å². The molecule has 0 aliphatic heterocycles. The standard InChI is InChI=1S/C28H34N4O2S/c1-4-18-32-27(22-14-16-24(17-15-22)34-23-12-7-8-13-23)30-31-28(32)35-19-25(33)29-26-20(5-2)10-9-11-21(26)6-3/h4,9-11,14-17,23H,1,5-8,12-13,18-19H2,2-3H3,(H,29,33). The van der Waals surface area contributed by atoms with Crippen LogP contribution in [-0.4, -0.2) is 32.5 Å². The molecule has 0 saturated heterocycles. The van der Waals surface area contributed by atoms with Crippen LogP contribution in [0.1, 0.15) is 50.7 Å². The highest BCUT2D eigenvalue weighted by molar-refractivity contribution is 7.99. The lowest BCUT2D eigenvalue weighted by Gasteiger charge is -2.14. The zero-order valence-electron chi connectivity index (χ0n) is 20.6. The Balaban J connectivity index is 1.44. The first-order chi connectivity index (χ1) is 17.1. The van der Waals surface area contributed by atoms with E-state index in [2.05, 4.69) is 54.1 Å². The third-order valence-corrected chi connectivity index (χ3v) is 7.31. The summed E-state index contributed by atoms with van der Waals surface area (Å²) in [5.74, 6) is 1.85. The molecule has 1 heterocycles. The number of rotatable bonds is 11. The molecule has 1 aliphatic carbocycles. The summed E-state index contributed by atoms with van der Waals surface area (Å²) in [7, 11) is 0. The monoisotopic (exact) mass is 490 g/mol. The normalized spacial score (nSPS) is 13.7. The number of amides is 1. The number of benzene rings is 2. The Labute approximate surface area is 212 Å².